The maximum Gasteiger partial charge on any atom is 0.330 e. The quantitative estimate of drug-likeness (QED) is 0.770. The van der Waals surface area contributed by atoms with Gasteiger partial charge >= 0.3 is 6.03 Å². The van der Waals surface area contributed by atoms with Crippen LogP contribution in [0.2, 0.25) is 0 Å². The first-order valence-corrected chi connectivity index (χ1v) is 6.22. The molecule has 1 aliphatic heterocycles. The third kappa shape index (κ3) is 2.30. The summed E-state index contributed by atoms with van der Waals surface area (Å²) >= 11 is 0. The van der Waals surface area contributed by atoms with Crippen molar-refractivity contribution in [1.29, 1.82) is 0 Å². The van der Waals surface area contributed by atoms with Gasteiger partial charge in [0.1, 0.15) is 6.17 Å². The van der Waals surface area contributed by atoms with E-state index in [4.69, 9.17) is 0 Å². The molecule has 0 aliphatic carbocycles. The van der Waals surface area contributed by atoms with Crippen LogP contribution in [0.25, 0.3) is 11.1 Å². The second-order valence-corrected chi connectivity index (χ2v) is 4.63. The molecule has 0 radical (unpaired) electrons. The van der Waals surface area contributed by atoms with Crippen molar-refractivity contribution in [2.75, 3.05) is 0 Å². The van der Waals surface area contributed by atoms with E-state index in [0.29, 0.717) is 0 Å². The fraction of sp³-hybridized carbons (Fsp3) is 0.133. The van der Waals surface area contributed by atoms with Gasteiger partial charge in [0.25, 0.3) is 0 Å². The third-order valence-electron chi connectivity index (χ3n) is 3.21. The number of hydrazine groups is 1. The van der Waals surface area contributed by atoms with Crippen LogP contribution in [-0.2, 0) is 0 Å². The molecule has 1 unspecified atom stereocenters. The summed E-state index contributed by atoms with van der Waals surface area (Å²) in [6, 6.07) is 16.2. The van der Waals surface area contributed by atoms with Gasteiger partial charge in [-0.3, -0.25) is 5.43 Å². The molecule has 1 atom stereocenters. The van der Waals surface area contributed by atoms with E-state index in [1.54, 1.807) is 0 Å². The Morgan fingerprint density at radius 3 is 2.53 bits per heavy atom. The van der Waals surface area contributed by atoms with E-state index in [-0.39, 0.29) is 12.2 Å². The predicted octanol–water partition coefficient (Wildman–Crippen LogP) is 2.48. The van der Waals surface area contributed by atoms with Crippen LogP contribution >= 0.6 is 0 Å². The molecule has 1 fully saturated rings. The van der Waals surface area contributed by atoms with Crippen molar-refractivity contribution < 1.29 is 4.79 Å². The summed E-state index contributed by atoms with van der Waals surface area (Å²) < 4.78 is 0. The first-order valence-electron chi connectivity index (χ1n) is 6.22. The maximum absolute atomic E-state index is 11.3. The van der Waals surface area contributed by atoms with E-state index >= 15 is 0 Å². The Hall–Kier alpha value is -2.33. The molecule has 0 bridgehead atoms. The van der Waals surface area contributed by atoms with Crippen molar-refractivity contribution in [3.05, 3.63) is 59.7 Å². The lowest BCUT2D eigenvalue weighted by Gasteiger charge is -2.16. The van der Waals surface area contributed by atoms with E-state index in [1.807, 2.05) is 25.1 Å². The molecular weight excluding hydrogens is 238 g/mol. The molecule has 3 rings (SSSR count). The number of carbonyl (C=O) groups excluding carboxylic acids is 1. The van der Waals surface area contributed by atoms with Crippen molar-refractivity contribution in [1.82, 2.24) is 16.2 Å². The van der Waals surface area contributed by atoms with Crippen LogP contribution in [0.5, 0.6) is 0 Å². The number of nitrogens with one attached hydrogen (secondary N) is 3. The SMILES string of the molecule is Cc1ccc(-c2ccccc2)c(C2NNC(=O)N2)c1. The fourth-order valence-electron chi connectivity index (χ4n) is 2.30. The molecule has 1 saturated heterocycles. The van der Waals surface area contributed by atoms with Crippen molar-refractivity contribution in [3.8, 4) is 11.1 Å². The highest BCUT2D eigenvalue weighted by Gasteiger charge is 2.23. The van der Waals surface area contributed by atoms with E-state index in [2.05, 4.69) is 46.5 Å². The number of benzene rings is 2. The second kappa shape index (κ2) is 4.74. The number of aryl methyl sites for hydroxylation is 1. The highest BCUT2D eigenvalue weighted by molar-refractivity contribution is 5.77. The van der Waals surface area contributed by atoms with Crippen LogP contribution < -0.4 is 16.2 Å². The molecule has 2 amide bonds. The molecule has 1 aliphatic rings. The largest absolute Gasteiger partial charge is 0.330 e. The van der Waals surface area contributed by atoms with E-state index < -0.39 is 0 Å². The van der Waals surface area contributed by atoms with Crippen molar-refractivity contribution in [3.63, 3.8) is 0 Å². The Kier molecular flexibility index (Phi) is 2.93. The number of carbonyl (C=O) groups is 1. The van der Waals surface area contributed by atoms with Crippen LogP contribution in [0.4, 0.5) is 4.79 Å². The molecule has 4 nitrogen and oxygen atoms in total. The zero-order valence-electron chi connectivity index (χ0n) is 10.6. The minimum Gasteiger partial charge on any atom is -0.316 e. The molecule has 0 aromatic heterocycles. The van der Waals surface area contributed by atoms with Crippen LogP contribution in [0, 0.1) is 6.92 Å². The van der Waals surface area contributed by atoms with Gasteiger partial charge in [-0.05, 0) is 23.6 Å². The van der Waals surface area contributed by atoms with Gasteiger partial charge in [-0.25, -0.2) is 10.2 Å². The Morgan fingerprint density at radius 2 is 1.84 bits per heavy atom. The Balaban J connectivity index is 2.07. The number of urea groups is 1. The smallest absolute Gasteiger partial charge is 0.316 e. The van der Waals surface area contributed by atoms with Crippen LogP contribution in [0.1, 0.15) is 17.3 Å². The highest BCUT2D eigenvalue weighted by Crippen LogP contribution is 2.28. The Bertz CT molecular complexity index is 610. The lowest BCUT2D eigenvalue weighted by atomic mass is 9.96. The van der Waals surface area contributed by atoms with Gasteiger partial charge in [-0.15, -0.1) is 0 Å². The Morgan fingerprint density at radius 1 is 1.05 bits per heavy atom. The summed E-state index contributed by atoms with van der Waals surface area (Å²) in [6.07, 6.45) is -0.206. The van der Waals surface area contributed by atoms with Gasteiger partial charge in [0, 0.05) is 0 Å². The minimum atomic E-state index is -0.206. The maximum atomic E-state index is 11.3. The van der Waals surface area contributed by atoms with Crippen LogP contribution in [0.3, 0.4) is 0 Å². The van der Waals surface area contributed by atoms with Gasteiger partial charge < -0.3 is 5.32 Å². The lowest BCUT2D eigenvalue weighted by Crippen LogP contribution is -2.27. The normalized spacial score (nSPS) is 17.9. The first kappa shape index (κ1) is 11.7. The second-order valence-electron chi connectivity index (χ2n) is 4.63. The summed E-state index contributed by atoms with van der Waals surface area (Å²) in [5.41, 5.74) is 10.00. The summed E-state index contributed by atoms with van der Waals surface area (Å²) in [5, 5.41) is 2.85. The van der Waals surface area contributed by atoms with Gasteiger partial charge in [0.15, 0.2) is 0 Å². The molecule has 19 heavy (non-hydrogen) atoms. The van der Waals surface area contributed by atoms with Gasteiger partial charge in [-0.2, -0.15) is 0 Å². The van der Waals surface area contributed by atoms with Crippen molar-refractivity contribution in [2.24, 2.45) is 0 Å². The Labute approximate surface area is 111 Å². The van der Waals surface area contributed by atoms with E-state index in [1.165, 1.54) is 0 Å². The molecule has 96 valence electrons. The summed E-state index contributed by atoms with van der Waals surface area (Å²) in [6.45, 7) is 2.04. The molecule has 1 heterocycles. The van der Waals surface area contributed by atoms with Crippen LogP contribution in [-0.4, -0.2) is 6.03 Å². The zero-order valence-corrected chi connectivity index (χ0v) is 10.6. The number of amides is 2. The summed E-state index contributed by atoms with van der Waals surface area (Å²) in [5.74, 6) is 0. The summed E-state index contributed by atoms with van der Waals surface area (Å²) in [7, 11) is 0. The monoisotopic (exact) mass is 253 g/mol. The van der Waals surface area contributed by atoms with E-state index in [0.717, 1.165) is 22.3 Å². The van der Waals surface area contributed by atoms with E-state index in [9.17, 15) is 4.79 Å². The van der Waals surface area contributed by atoms with Gasteiger partial charge in [0.05, 0.1) is 0 Å². The highest BCUT2D eigenvalue weighted by atomic mass is 16.2. The molecule has 2 aromatic rings. The number of hydrogen-bond acceptors (Lipinski definition) is 2. The zero-order chi connectivity index (χ0) is 13.2. The van der Waals surface area contributed by atoms with Gasteiger partial charge in [-0.1, -0.05) is 54.1 Å². The lowest BCUT2D eigenvalue weighted by molar-refractivity contribution is 0.247. The molecule has 2 aromatic carbocycles. The van der Waals surface area contributed by atoms with Crippen molar-refractivity contribution in [2.45, 2.75) is 13.1 Å². The van der Waals surface area contributed by atoms with Gasteiger partial charge in [0.2, 0.25) is 0 Å². The predicted molar refractivity (Wildman–Crippen MR) is 74.2 cm³/mol. The first-order chi connectivity index (χ1) is 9.24. The third-order valence-corrected chi connectivity index (χ3v) is 3.21. The number of rotatable bonds is 2. The minimum absolute atomic E-state index is 0.203. The molecule has 4 heteroatoms. The molecule has 0 saturated carbocycles. The average molecular weight is 253 g/mol. The standard InChI is InChI=1S/C15H15N3O/c1-10-7-8-12(11-5-3-2-4-6-11)13(9-10)14-16-15(19)18-17-14/h2-9,14,17H,1H3,(H2,16,18,19). The average Bonchev–Trinajstić information content (AvgIpc) is 2.86. The summed E-state index contributed by atoms with van der Waals surface area (Å²) in [4.78, 5) is 11.3. The number of hydrogen-bond donors (Lipinski definition) is 3. The fourth-order valence-corrected chi connectivity index (χ4v) is 2.30. The topological polar surface area (TPSA) is 53.2 Å². The molecule has 3 N–H and O–H groups in total. The van der Waals surface area contributed by atoms with Crippen molar-refractivity contribution >= 4 is 6.03 Å². The molecular formula is C15H15N3O. The van der Waals surface area contributed by atoms with Crippen LogP contribution in [0.15, 0.2) is 48.5 Å². The molecule has 0 spiro atoms.